The fourth-order valence-corrected chi connectivity index (χ4v) is 2.07. The third-order valence-corrected chi connectivity index (χ3v) is 3.03. The number of hydrogen-bond donors (Lipinski definition) is 1. The summed E-state index contributed by atoms with van der Waals surface area (Å²) >= 11 is 0. The molecule has 0 fully saturated rings. The Kier molecular flexibility index (Phi) is 3.94. The Morgan fingerprint density at radius 3 is 2.65 bits per heavy atom. The van der Waals surface area contributed by atoms with Crippen LogP contribution in [0.4, 0.5) is 0 Å². The van der Waals surface area contributed by atoms with Gasteiger partial charge in [0.2, 0.25) is 0 Å². The molecule has 90 valence electrons. The van der Waals surface area contributed by atoms with Crippen molar-refractivity contribution in [1.29, 1.82) is 0 Å². The molecule has 0 amide bonds. The van der Waals surface area contributed by atoms with Crippen molar-refractivity contribution in [3.63, 3.8) is 0 Å². The number of nitrogens with one attached hydrogen (secondary N) is 1. The lowest BCUT2D eigenvalue weighted by molar-refractivity contribution is 0.549. The van der Waals surface area contributed by atoms with Gasteiger partial charge in [-0.05, 0) is 31.0 Å². The van der Waals surface area contributed by atoms with Crippen LogP contribution >= 0.6 is 0 Å². The van der Waals surface area contributed by atoms with E-state index in [2.05, 4.69) is 46.9 Å². The summed E-state index contributed by atoms with van der Waals surface area (Å²) in [5.41, 5.74) is 2.64. The lowest BCUT2D eigenvalue weighted by atomic mass is 10.0. The van der Waals surface area contributed by atoms with E-state index in [-0.39, 0.29) is 0 Å². The first-order valence-electron chi connectivity index (χ1n) is 5.99. The fraction of sp³-hybridized carbons (Fsp3) is 0.357. The first-order valence-corrected chi connectivity index (χ1v) is 5.99. The molecule has 1 aromatic heterocycles. The van der Waals surface area contributed by atoms with E-state index in [1.807, 2.05) is 25.0 Å². The minimum atomic E-state index is 0.413. The van der Waals surface area contributed by atoms with Crippen LogP contribution in [-0.4, -0.2) is 16.8 Å². The molecule has 1 N–H and O–H groups in total. The molecule has 1 atom stereocenters. The minimum Gasteiger partial charge on any atom is -0.313 e. The van der Waals surface area contributed by atoms with Gasteiger partial charge in [-0.2, -0.15) is 5.10 Å². The molecule has 3 nitrogen and oxygen atoms in total. The Morgan fingerprint density at radius 2 is 2.06 bits per heavy atom. The van der Waals surface area contributed by atoms with Gasteiger partial charge in [0, 0.05) is 19.3 Å². The van der Waals surface area contributed by atoms with Gasteiger partial charge in [0.05, 0.1) is 6.20 Å². The van der Waals surface area contributed by atoms with E-state index in [4.69, 9.17) is 0 Å². The zero-order valence-electron chi connectivity index (χ0n) is 10.4. The molecule has 1 heterocycles. The number of nitrogens with zero attached hydrogens (tertiary/aromatic N) is 2. The molecule has 3 heteroatoms. The molecule has 0 radical (unpaired) electrons. The third-order valence-electron chi connectivity index (χ3n) is 3.03. The summed E-state index contributed by atoms with van der Waals surface area (Å²) in [5, 5.41) is 7.56. The maximum absolute atomic E-state index is 4.19. The van der Waals surface area contributed by atoms with Gasteiger partial charge in [-0.15, -0.1) is 0 Å². The molecule has 0 saturated carbocycles. The van der Waals surface area contributed by atoms with E-state index in [9.17, 15) is 0 Å². The summed E-state index contributed by atoms with van der Waals surface area (Å²) in [4.78, 5) is 0. The number of aryl methyl sites for hydroxylation is 2. The quantitative estimate of drug-likeness (QED) is 0.852. The molecule has 1 unspecified atom stereocenters. The van der Waals surface area contributed by atoms with Gasteiger partial charge in [-0.3, -0.25) is 4.68 Å². The van der Waals surface area contributed by atoms with E-state index >= 15 is 0 Å². The average Bonchev–Trinajstić information content (AvgIpc) is 2.77. The molecule has 17 heavy (non-hydrogen) atoms. The summed E-state index contributed by atoms with van der Waals surface area (Å²) in [6.07, 6.45) is 6.16. The maximum atomic E-state index is 4.19. The van der Waals surface area contributed by atoms with Crippen LogP contribution in [0.1, 0.15) is 23.6 Å². The Hall–Kier alpha value is -1.61. The van der Waals surface area contributed by atoms with E-state index in [1.54, 1.807) is 0 Å². The number of benzene rings is 1. The second-order valence-electron chi connectivity index (χ2n) is 4.31. The molecule has 2 rings (SSSR count). The monoisotopic (exact) mass is 229 g/mol. The van der Waals surface area contributed by atoms with E-state index in [0.29, 0.717) is 6.04 Å². The predicted molar refractivity (Wildman–Crippen MR) is 69.8 cm³/mol. The number of aromatic nitrogens is 2. The highest BCUT2D eigenvalue weighted by molar-refractivity contribution is 5.19. The normalized spacial score (nSPS) is 12.6. The second-order valence-corrected chi connectivity index (χ2v) is 4.31. The Balaban J connectivity index is 1.97. The molecule has 0 aliphatic heterocycles. The van der Waals surface area contributed by atoms with Crippen molar-refractivity contribution < 1.29 is 0 Å². The van der Waals surface area contributed by atoms with Gasteiger partial charge in [-0.25, -0.2) is 0 Å². The van der Waals surface area contributed by atoms with Crippen molar-refractivity contribution in [2.45, 2.75) is 18.9 Å². The molecular formula is C14H19N3. The standard InChI is InChI=1S/C14H19N3/c1-15-14(13-6-4-3-5-7-13)9-8-12-10-16-17(2)11-12/h3-7,10-11,14-15H,8-9H2,1-2H3. The number of hydrogen-bond acceptors (Lipinski definition) is 2. The zero-order valence-corrected chi connectivity index (χ0v) is 10.4. The van der Waals surface area contributed by atoms with Crippen LogP contribution in [-0.2, 0) is 13.5 Å². The number of rotatable bonds is 5. The van der Waals surface area contributed by atoms with Gasteiger partial charge in [0.15, 0.2) is 0 Å². The summed E-state index contributed by atoms with van der Waals surface area (Å²) in [5.74, 6) is 0. The lowest BCUT2D eigenvalue weighted by Crippen LogP contribution is -2.16. The van der Waals surface area contributed by atoms with Crippen LogP contribution in [0.5, 0.6) is 0 Å². The molecule has 0 aliphatic carbocycles. The molecule has 0 saturated heterocycles. The summed E-state index contributed by atoms with van der Waals surface area (Å²) < 4.78 is 1.85. The Morgan fingerprint density at radius 1 is 1.29 bits per heavy atom. The maximum Gasteiger partial charge on any atom is 0.0521 e. The average molecular weight is 229 g/mol. The predicted octanol–water partition coefficient (Wildman–Crippen LogP) is 2.31. The van der Waals surface area contributed by atoms with Crippen molar-refractivity contribution in [3.05, 3.63) is 53.9 Å². The van der Waals surface area contributed by atoms with Crippen LogP contribution in [0.25, 0.3) is 0 Å². The molecule has 0 aliphatic rings. The molecule has 1 aromatic carbocycles. The zero-order chi connectivity index (χ0) is 12.1. The van der Waals surface area contributed by atoms with Crippen LogP contribution in [0, 0.1) is 0 Å². The fourth-order valence-electron chi connectivity index (χ4n) is 2.07. The van der Waals surface area contributed by atoms with Crippen molar-refractivity contribution in [3.8, 4) is 0 Å². The second kappa shape index (κ2) is 5.64. The smallest absolute Gasteiger partial charge is 0.0521 e. The van der Waals surface area contributed by atoms with Gasteiger partial charge in [0.25, 0.3) is 0 Å². The van der Waals surface area contributed by atoms with Crippen LogP contribution in [0.3, 0.4) is 0 Å². The highest BCUT2D eigenvalue weighted by atomic mass is 15.2. The highest BCUT2D eigenvalue weighted by Gasteiger charge is 2.08. The SMILES string of the molecule is CNC(CCc1cnn(C)c1)c1ccccc1. The van der Waals surface area contributed by atoms with Crippen molar-refractivity contribution in [2.24, 2.45) is 7.05 Å². The topological polar surface area (TPSA) is 29.9 Å². The van der Waals surface area contributed by atoms with Crippen molar-refractivity contribution >= 4 is 0 Å². The van der Waals surface area contributed by atoms with Gasteiger partial charge in [-0.1, -0.05) is 30.3 Å². The Labute approximate surface area is 102 Å². The molecule has 2 aromatic rings. The lowest BCUT2D eigenvalue weighted by Gasteiger charge is -2.15. The minimum absolute atomic E-state index is 0.413. The van der Waals surface area contributed by atoms with Crippen LogP contribution in [0.2, 0.25) is 0 Å². The summed E-state index contributed by atoms with van der Waals surface area (Å²) in [7, 11) is 3.97. The van der Waals surface area contributed by atoms with E-state index in [0.717, 1.165) is 12.8 Å². The molecule has 0 bridgehead atoms. The first-order chi connectivity index (χ1) is 8.29. The van der Waals surface area contributed by atoms with E-state index < -0.39 is 0 Å². The third kappa shape index (κ3) is 3.17. The van der Waals surface area contributed by atoms with Gasteiger partial charge >= 0.3 is 0 Å². The van der Waals surface area contributed by atoms with Crippen molar-refractivity contribution in [1.82, 2.24) is 15.1 Å². The summed E-state index contributed by atoms with van der Waals surface area (Å²) in [6, 6.07) is 11.0. The molecular weight excluding hydrogens is 210 g/mol. The van der Waals surface area contributed by atoms with E-state index in [1.165, 1.54) is 11.1 Å². The van der Waals surface area contributed by atoms with Gasteiger partial charge in [0.1, 0.15) is 0 Å². The summed E-state index contributed by atoms with van der Waals surface area (Å²) in [6.45, 7) is 0. The van der Waals surface area contributed by atoms with Crippen LogP contribution < -0.4 is 5.32 Å². The first kappa shape index (κ1) is 11.9. The Bertz CT molecular complexity index is 448. The molecule has 0 spiro atoms. The van der Waals surface area contributed by atoms with Crippen molar-refractivity contribution in [2.75, 3.05) is 7.05 Å². The largest absolute Gasteiger partial charge is 0.313 e. The highest BCUT2D eigenvalue weighted by Crippen LogP contribution is 2.18. The van der Waals surface area contributed by atoms with Gasteiger partial charge < -0.3 is 5.32 Å². The van der Waals surface area contributed by atoms with Crippen LogP contribution in [0.15, 0.2) is 42.7 Å².